The zero-order valence-corrected chi connectivity index (χ0v) is 13.2. The maximum absolute atomic E-state index is 11.6. The Morgan fingerprint density at radius 1 is 1.12 bits per heavy atom. The lowest BCUT2D eigenvalue weighted by Crippen LogP contribution is -2.05. The maximum atomic E-state index is 11.6. The van der Waals surface area contributed by atoms with Gasteiger partial charge in [-0.15, -0.1) is 0 Å². The molecule has 5 nitrogen and oxygen atoms in total. The number of aryl methyl sites for hydroxylation is 1. The first kappa shape index (κ1) is 14.4. The molecular formula is C19H16N4O. The van der Waals surface area contributed by atoms with Gasteiger partial charge in [0, 0.05) is 17.3 Å². The average Bonchev–Trinajstić information content (AvgIpc) is 3.11. The molecule has 0 saturated heterocycles. The van der Waals surface area contributed by atoms with E-state index in [4.69, 9.17) is 0 Å². The quantitative estimate of drug-likeness (QED) is 0.630. The van der Waals surface area contributed by atoms with Crippen molar-refractivity contribution in [2.45, 2.75) is 13.3 Å². The van der Waals surface area contributed by atoms with Crippen LogP contribution in [0.5, 0.6) is 0 Å². The van der Waals surface area contributed by atoms with Gasteiger partial charge < -0.3 is 4.98 Å². The zero-order chi connectivity index (χ0) is 16.5. The number of nitrogens with one attached hydrogen (secondary N) is 1. The minimum absolute atomic E-state index is 0.193. The van der Waals surface area contributed by atoms with Crippen LogP contribution in [0, 0.1) is 0 Å². The smallest absolute Gasteiger partial charge is 0.266 e. The van der Waals surface area contributed by atoms with Crippen LogP contribution in [0.3, 0.4) is 0 Å². The molecule has 0 saturated carbocycles. The number of rotatable bonds is 3. The van der Waals surface area contributed by atoms with E-state index in [-0.39, 0.29) is 5.56 Å². The largest absolute Gasteiger partial charge is 0.319 e. The summed E-state index contributed by atoms with van der Waals surface area (Å²) in [5.74, 6) is 0. The van der Waals surface area contributed by atoms with E-state index in [1.54, 1.807) is 0 Å². The monoisotopic (exact) mass is 316 g/mol. The predicted molar refractivity (Wildman–Crippen MR) is 94.3 cm³/mol. The molecule has 2 heterocycles. The van der Waals surface area contributed by atoms with Crippen LogP contribution in [0.2, 0.25) is 0 Å². The zero-order valence-electron chi connectivity index (χ0n) is 13.2. The molecule has 0 atom stereocenters. The first-order chi connectivity index (χ1) is 11.7. The van der Waals surface area contributed by atoms with Crippen molar-refractivity contribution in [2.75, 3.05) is 0 Å². The summed E-state index contributed by atoms with van der Waals surface area (Å²) >= 11 is 0. The molecule has 0 aliphatic carbocycles. The second-order valence-electron chi connectivity index (χ2n) is 5.65. The van der Waals surface area contributed by atoms with Gasteiger partial charge in [0.25, 0.3) is 5.56 Å². The number of fused-ring (bicyclic) bond motifs is 1. The highest BCUT2D eigenvalue weighted by atomic mass is 16.1. The summed E-state index contributed by atoms with van der Waals surface area (Å²) in [6, 6.07) is 14.0. The fourth-order valence-electron chi connectivity index (χ4n) is 2.82. The van der Waals surface area contributed by atoms with Crippen molar-refractivity contribution in [1.29, 1.82) is 0 Å². The number of nitrogens with zero attached hydrogens (tertiary/aromatic N) is 3. The van der Waals surface area contributed by atoms with Gasteiger partial charge in [-0.3, -0.25) is 4.79 Å². The molecule has 5 heteroatoms. The summed E-state index contributed by atoms with van der Waals surface area (Å²) < 4.78 is 1.84. The third kappa shape index (κ3) is 2.50. The molecule has 0 radical (unpaired) electrons. The van der Waals surface area contributed by atoms with E-state index in [1.807, 2.05) is 53.5 Å². The standard InChI is InChI=1S/C19H16N4O/c1-2-13-8-16(19-17(9-13)22-18(24)11-20-19)14-10-21-23(12-14)15-6-4-3-5-7-15/h3-12H,2H2,1H3,(H,22,24). The van der Waals surface area contributed by atoms with Gasteiger partial charge >= 0.3 is 0 Å². The highest BCUT2D eigenvalue weighted by Gasteiger charge is 2.11. The number of aromatic nitrogens is 4. The van der Waals surface area contributed by atoms with E-state index < -0.39 is 0 Å². The third-order valence-electron chi connectivity index (χ3n) is 4.06. The molecule has 2 aromatic carbocycles. The van der Waals surface area contributed by atoms with Crippen LogP contribution in [0.25, 0.3) is 27.8 Å². The summed E-state index contributed by atoms with van der Waals surface area (Å²) in [6.45, 7) is 2.09. The summed E-state index contributed by atoms with van der Waals surface area (Å²) in [5, 5.41) is 4.46. The van der Waals surface area contributed by atoms with Gasteiger partial charge in [-0.05, 0) is 36.2 Å². The summed E-state index contributed by atoms with van der Waals surface area (Å²) in [4.78, 5) is 18.8. The van der Waals surface area contributed by atoms with Crippen molar-refractivity contribution in [3.63, 3.8) is 0 Å². The van der Waals surface area contributed by atoms with E-state index in [1.165, 1.54) is 6.20 Å². The van der Waals surface area contributed by atoms with Crippen LogP contribution >= 0.6 is 0 Å². The Labute approximate surface area is 138 Å². The maximum Gasteiger partial charge on any atom is 0.266 e. The lowest BCUT2D eigenvalue weighted by molar-refractivity contribution is 0.881. The molecule has 2 aromatic heterocycles. The van der Waals surface area contributed by atoms with E-state index in [0.717, 1.165) is 39.8 Å². The minimum atomic E-state index is -0.193. The molecule has 0 fully saturated rings. The molecule has 4 aromatic rings. The van der Waals surface area contributed by atoms with Crippen molar-refractivity contribution >= 4 is 11.0 Å². The van der Waals surface area contributed by atoms with Crippen LogP contribution < -0.4 is 5.56 Å². The van der Waals surface area contributed by atoms with E-state index in [0.29, 0.717) is 0 Å². The lowest BCUT2D eigenvalue weighted by atomic mass is 10.0. The van der Waals surface area contributed by atoms with Gasteiger partial charge in [0.2, 0.25) is 0 Å². The molecule has 24 heavy (non-hydrogen) atoms. The first-order valence-corrected chi connectivity index (χ1v) is 7.87. The highest BCUT2D eigenvalue weighted by Crippen LogP contribution is 2.28. The van der Waals surface area contributed by atoms with Gasteiger partial charge in [0.05, 0.1) is 29.1 Å². The number of H-pyrrole nitrogens is 1. The van der Waals surface area contributed by atoms with Crippen LogP contribution in [0.4, 0.5) is 0 Å². The average molecular weight is 316 g/mol. The van der Waals surface area contributed by atoms with Crippen LogP contribution in [-0.2, 0) is 6.42 Å². The molecule has 4 rings (SSSR count). The fraction of sp³-hybridized carbons (Fsp3) is 0.105. The molecule has 0 aliphatic heterocycles. The van der Waals surface area contributed by atoms with Crippen LogP contribution in [0.1, 0.15) is 12.5 Å². The van der Waals surface area contributed by atoms with Gasteiger partial charge in [-0.1, -0.05) is 25.1 Å². The van der Waals surface area contributed by atoms with Crippen molar-refractivity contribution in [2.24, 2.45) is 0 Å². The molecule has 0 unspecified atom stereocenters. The van der Waals surface area contributed by atoms with Crippen molar-refractivity contribution in [1.82, 2.24) is 19.7 Å². The SMILES string of the molecule is CCc1cc(-c2cnn(-c3ccccc3)c2)c2ncc(=O)[nH]c2c1. The Hall–Kier alpha value is -3.21. The molecular weight excluding hydrogens is 300 g/mol. The second kappa shape index (κ2) is 5.77. The van der Waals surface area contributed by atoms with Gasteiger partial charge in [0.15, 0.2) is 0 Å². The molecule has 0 amide bonds. The van der Waals surface area contributed by atoms with Crippen LogP contribution in [0.15, 0.2) is 65.8 Å². The number of hydrogen-bond donors (Lipinski definition) is 1. The number of para-hydroxylation sites is 1. The summed E-state index contributed by atoms with van der Waals surface area (Å²) in [5.41, 5.74) is 5.43. The van der Waals surface area contributed by atoms with Crippen molar-refractivity contribution < 1.29 is 0 Å². The van der Waals surface area contributed by atoms with E-state index >= 15 is 0 Å². The third-order valence-corrected chi connectivity index (χ3v) is 4.06. The normalized spacial score (nSPS) is 11.0. The lowest BCUT2D eigenvalue weighted by Gasteiger charge is -2.07. The number of benzene rings is 2. The minimum Gasteiger partial charge on any atom is -0.319 e. The number of aromatic amines is 1. The van der Waals surface area contributed by atoms with Crippen molar-refractivity contribution in [3.8, 4) is 16.8 Å². The van der Waals surface area contributed by atoms with Gasteiger partial charge in [-0.2, -0.15) is 5.10 Å². The van der Waals surface area contributed by atoms with Gasteiger partial charge in [0.1, 0.15) is 0 Å². The summed E-state index contributed by atoms with van der Waals surface area (Å²) in [6.07, 6.45) is 6.01. The predicted octanol–water partition coefficient (Wildman–Crippen LogP) is 3.34. The van der Waals surface area contributed by atoms with E-state index in [9.17, 15) is 4.79 Å². The Bertz CT molecular complexity index is 1060. The molecule has 0 bridgehead atoms. The fourth-order valence-corrected chi connectivity index (χ4v) is 2.82. The Balaban J connectivity index is 1.90. The first-order valence-electron chi connectivity index (χ1n) is 7.87. The second-order valence-corrected chi connectivity index (χ2v) is 5.65. The Morgan fingerprint density at radius 3 is 2.75 bits per heavy atom. The van der Waals surface area contributed by atoms with Gasteiger partial charge in [-0.25, -0.2) is 9.67 Å². The van der Waals surface area contributed by atoms with Crippen molar-refractivity contribution in [3.05, 3.63) is 77.0 Å². The van der Waals surface area contributed by atoms with Crippen LogP contribution in [-0.4, -0.2) is 19.7 Å². The molecule has 1 N–H and O–H groups in total. The topological polar surface area (TPSA) is 63.6 Å². The Morgan fingerprint density at radius 2 is 1.96 bits per heavy atom. The summed E-state index contributed by atoms with van der Waals surface area (Å²) in [7, 11) is 0. The van der Waals surface area contributed by atoms with E-state index in [2.05, 4.69) is 28.1 Å². The Kier molecular flexibility index (Phi) is 3.46. The highest BCUT2D eigenvalue weighted by molar-refractivity contribution is 5.91. The number of hydrogen-bond acceptors (Lipinski definition) is 3. The molecule has 0 aliphatic rings. The molecule has 118 valence electrons. The molecule has 0 spiro atoms.